The van der Waals surface area contributed by atoms with Gasteiger partial charge in [-0.3, -0.25) is 14.4 Å². The molecule has 6 nitrogen and oxygen atoms in total. The SMILES string of the molecule is CCC(C)CCCCCCCCC(=O)OC[C@@H](COC(=O)CCCCCCCCCCCCCCCCCCCCC(C)C)OC(=O)CCCCCCCCC(C)C. The van der Waals surface area contributed by atoms with Crippen molar-refractivity contribution in [3.8, 4) is 0 Å². The molecule has 0 rings (SSSR count). The molecule has 0 radical (unpaired) electrons. The van der Waals surface area contributed by atoms with Gasteiger partial charge in [-0.1, -0.05) is 241 Å². The topological polar surface area (TPSA) is 78.9 Å². The van der Waals surface area contributed by atoms with Crippen molar-refractivity contribution in [3.63, 3.8) is 0 Å². The summed E-state index contributed by atoms with van der Waals surface area (Å²) in [5, 5.41) is 0. The van der Waals surface area contributed by atoms with E-state index in [4.69, 9.17) is 14.2 Å². The zero-order chi connectivity index (χ0) is 42.7. The summed E-state index contributed by atoms with van der Waals surface area (Å²) in [5.41, 5.74) is 0. The third-order valence-electron chi connectivity index (χ3n) is 12.0. The Morgan fingerprint density at radius 2 is 0.603 bits per heavy atom. The molecule has 0 N–H and O–H groups in total. The van der Waals surface area contributed by atoms with Crippen LogP contribution in [-0.4, -0.2) is 37.2 Å². The Hall–Kier alpha value is -1.59. The summed E-state index contributed by atoms with van der Waals surface area (Å²) in [6.07, 6.45) is 42.6. The number of ether oxygens (including phenoxy) is 3. The van der Waals surface area contributed by atoms with Crippen molar-refractivity contribution in [3.05, 3.63) is 0 Å². The lowest BCUT2D eigenvalue weighted by Gasteiger charge is -2.18. The molecule has 0 aromatic heterocycles. The minimum atomic E-state index is -0.763. The van der Waals surface area contributed by atoms with Crippen LogP contribution in [0.25, 0.3) is 0 Å². The fraction of sp³-hybridized carbons (Fsp3) is 0.942. The maximum absolute atomic E-state index is 12.7. The van der Waals surface area contributed by atoms with Gasteiger partial charge in [0.05, 0.1) is 0 Å². The molecular formula is C52H100O6. The molecule has 0 spiro atoms. The van der Waals surface area contributed by atoms with Crippen LogP contribution in [0.3, 0.4) is 0 Å². The lowest BCUT2D eigenvalue weighted by atomic mass is 10.00. The number of unbranched alkanes of at least 4 members (excludes halogenated alkanes) is 27. The second kappa shape index (κ2) is 43.5. The third-order valence-corrected chi connectivity index (χ3v) is 12.0. The number of hydrogen-bond donors (Lipinski definition) is 0. The van der Waals surface area contributed by atoms with Gasteiger partial charge >= 0.3 is 17.9 Å². The molecule has 0 aliphatic rings. The number of rotatable bonds is 45. The van der Waals surface area contributed by atoms with Crippen molar-refractivity contribution in [2.75, 3.05) is 13.2 Å². The van der Waals surface area contributed by atoms with Crippen molar-refractivity contribution < 1.29 is 28.6 Å². The highest BCUT2D eigenvalue weighted by Gasteiger charge is 2.19. The summed E-state index contributed by atoms with van der Waals surface area (Å²) >= 11 is 0. The smallest absolute Gasteiger partial charge is 0.306 e. The zero-order valence-corrected chi connectivity index (χ0v) is 39.8. The van der Waals surface area contributed by atoms with Crippen molar-refractivity contribution in [1.29, 1.82) is 0 Å². The zero-order valence-electron chi connectivity index (χ0n) is 39.8. The van der Waals surface area contributed by atoms with Crippen LogP contribution in [0.2, 0.25) is 0 Å². The van der Waals surface area contributed by atoms with E-state index in [9.17, 15) is 14.4 Å². The molecule has 0 saturated heterocycles. The number of carbonyl (C=O) groups is 3. The number of carbonyl (C=O) groups excluding carboxylic acids is 3. The van der Waals surface area contributed by atoms with Gasteiger partial charge in [0.2, 0.25) is 0 Å². The quantitative estimate of drug-likeness (QED) is 0.0346. The Morgan fingerprint density at radius 3 is 0.897 bits per heavy atom. The predicted octanol–water partition coefficient (Wildman–Crippen LogP) is 16.4. The van der Waals surface area contributed by atoms with Crippen LogP contribution in [0.4, 0.5) is 0 Å². The second-order valence-electron chi connectivity index (χ2n) is 19.0. The Bertz CT molecular complexity index is 900. The predicted molar refractivity (Wildman–Crippen MR) is 247 cm³/mol. The van der Waals surface area contributed by atoms with Crippen LogP contribution in [-0.2, 0) is 28.6 Å². The van der Waals surface area contributed by atoms with E-state index in [-0.39, 0.29) is 31.1 Å². The normalized spacial score (nSPS) is 12.6. The van der Waals surface area contributed by atoms with Gasteiger partial charge in [-0.15, -0.1) is 0 Å². The molecule has 0 saturated carbocycles. The van der Waals surface area contributed by atoms with E-state index in [0.717, 1.165) is 75.5 Å². The Balaban J connectivity index is 4.16. The van der Waals surface area contributed by atoms with Crippen LogP contribution in [0.5, 0.6) is 0 Å². The van der Waals surface area contributed by atoms with E-state index in [1.807, 2.05) is 0 Å². The first-order chi connectivity index (χ1) is 28.1. The van der Waals surface area contributed by atoms with Gasteiger partial charge in [0.1, 0.15) is 13.2 Å². The summed E-state index contributed by atoms with van der Waals surface area (Å²) in [6, 6.07) is 0. The van der Waals surface area contributed by atoms with Crippen molar-refractivity contribution in [2.24, 2.45) is 17.8 Å². The minimum absolute atomic E-state index is 0.0664. The molecule has 2 atom stereocenters. The third kappa shape index (κ3) is 44.0. The van der Waals surface area contributed by atoms with Crippen molar-refractivity contribution in [2.45, 2.75) is 285 Å². The fourth-order valence-corrected chi connectivity index (χ4v) is 7.73. The molecule has 0 amide bonds. The van der Waals surface area contributed by atoms with Crippen molar-refractivity contribution in [1.82, 2.24) is 0 Å². The molecule has 1 unspecified atom stereocenters. The minimum Gasteiger partial charge on any atom is -0.462 e. The lowest BCUT2D eigenvalue weighted by Crippen LogP contribution is -2.30. The van der Waals surface area contributed by atoms with Gasteiger partial charge in [0.15, 0.2) is 6.10 Å². The van der Waals surface area contributed by atoms with Gasteiger partial charge in [-0.05, 0) is 37.0 Å². The van der Waals surface area contributed by atoms with E-state index >= 15 is 0 Å². The maximum Gasteiger partial charge on any atom is 0.306 e. The summed E-state index contributed by atoms with van der Waals surface area (Å²) in [4.78, 5) is 37.8. The van der Waals surface area contributed by atoms with Gasteiger partial charge in [-0.25, -0.2) is 0 Å². The monoisotopic (exact) mass is 821 g/mol. The van der Waals surface area contributed by atoms with E-state index in [2.05, 4.69) is 41.5 Å². The first-order valence-corrected chi connectivity index (χ1v) is 25.6. The molecule has 0 aromatic rings. The van der Waals surface area contributed by atoms with Gasteiger partial charge < -0.3 is 14.2 Å². The molecule has 0 bridgehead atoms. The molecule has 0 fully saturated rings. The maximum atomic E-state index is 12.7. The molecule has 0 aliphatic carbocycles. The highest BCUT2D eigenvalue weighted by Crippen LogP contribution is 2.18. The second-order valence-corrected chi connectivity index (χ2v) is 19.0. The first-order valence-electron chi connectivity index (χ1n) is 25.6. The highest BCUT2D eigenvalue weighted by atomic mass is 16.6. The first kappa shape index (κ1) is 56.4. The summed E-state index contributed by atoms with van der Waals surface area (Å²) in [5.74, 6) is 1.57. The van der Waals surface area contributed by atoms with Crippen LogP contribution in [0.1, 0.15) is 279 Å². The van der Waals surface area contributed by atoms with E-state index in [1.165, 1.54) is 161 Å². The van der Waals surface area contributed by atoms with E-state index in [0.29, 0.717) is 19.3 Å². The van der Waals surface area contributed by atoms with Crippen LogP contribution >= 0.6 is 0 Å². The summed E-state index contributed by atoms with van der Waals surface area (Å²) < 4.78 is 16.7. The number of esters is 3. The molecule has 0 heterocycles. The molecule has 6 heteroatoms. The van der Waals surface area contributed by atoms with E-state index in [1.54, 1.807) is 0 Å². The van der Waals surface area contributed by atoms with Gasteiger partial charge in [0.25, 0.3) is 0 Å². The van der Waals surface area contributed by atoms with Gasteiger partial charge in [0, 0.05) is 19.3 Å². The largest absolute Gasteiger partial charge is 0.462 e. The van der Waals surface area contributed by atoms with Gasteiger partial charge in [-0.2, -0.15) is 0 Å². The average molecular weight is 821 g/mol. The average Bonchev–Trinajstić information content (AvgIpc) is 3.19. The van der Waals surface area contributed by atoms with E-state index < -0.39 is 6.10 Å². The molecule has 0 aromatic carbocycles. The van der Waals surface area contributed by atoms with Crippen LogP contribution in [0, 0.1) is 17.8 Å². The standard InChI is InChI=1S/C52H100O6/c1-7-48(6)40-34-28-23-25-30-36-42-51(54)57-45-49(58-52(55)43-37-31-24-22-27-33-39-47(4)5)44-56-50(53)41-35-29-21-19-17-15-13-11-9-8-10-12-14-16-18-20-26-32-38-46(2)3/h46-49H,7-45H2,1-6H3/t48?,49-/m1/s1. The highest BCUT2D eigenvalue weighted by molar-refractivity contribution is 5.71. The lowest BCUT2D eigenvalue weighted by molar-refractivity contribution is -0.167. The summed E-state index contributed by atoms with van der Waals surface area (Å²) in [7, 11) is 0. The molecule has 0 aliphatic heterocycles. The Kier molecular flexibility index (Phi) is 42.3. The van der Waals surface area contributed by atoms with Crippen LogP contribution in [0.15, 0.2) is 0 Å². The number of hydrogen-bond acceptors (Lipinski definition) is 6. The van der Waals surface area contributed by atoms with Crippen molar-refractivity contribution >= 4 is 17.9 Å². The fourth-order valence-electron chi connectivity index (χ4n) is 7.73. The summed E-state index contributed by atoms with van der Waals surface area (Å²) in [6.45, 7) is 13.6. The Labute approximate surface area is 361 Å². The molecule has 58 heavy (non-hydrogen) atoms. The van der Waals surface area contributed by atoms with Crippen LogP contribution < -0.4 is 0 Å². The molecular weight excluding hydrogens is 721 g/mol. The Morgan fingerprint density at radius 1 is 0.345 bits per heavy atom. The molecule has 344 valence electrons.